The van der Waals surface area contributed by atoms with Crippen LogP contribution in [0.25, 0.3) is 0 Å². The lowest BCUT2D eigenvalue weighted by molar-refractivity contribution is -0.138. The second-order valence-electron chi connectivity index (χ2n) is 9.44. The van der Waals surface area contributed by atoms with Crippen LogP contribution in [0.3, 0.4) is 0 Å². The summed E-state index contributed by atoms with van der Waals surface area (Å²) in [6, 6.07) is 18.8. The van der Waals surface area contributed by atoms with Crippen LogP contribution in [0.5, 0.6) is 11.6 Å². The van der Waals surface area contributed by atoms with Gasteiger partial charge in [-0.1, -0.05) is 42.5 Å². The minimum atomic E-state index is -4.52. The molecule has 4 N–H and O–H groups in total. The number of nitrogens with zero attached hydrogens (tertiary/aromatic N) is 1. The number of carbonyl (C=O) groups is 1. The molecule has 7 nitrogen and oxygen atoms in total. The Hall–Kier alpha value is -4.08. The maximum atomic E-state index is 13.2. The lowest BCUT2D eigenvalue weighted by Gasteiger charge is -2.31. The molecule has 1 amide bonds. The number of rotatable bonds is 11. The fourth-order valence-electron chi connectivity index (χ4n) is 3.84. The number of amidine groups is 1. The summed E-state index contributed by atoms with van der Waals surface area (Å²) in [6.07, 6.45) is -3.24. The van der Waals surface area contributed by atoms with Gasteiger partial charge in [0.2, 0.25) is 5.88 Å². The van der Waals surface area contributed by atoms with E-state index in [1.165, 1.54) is 13.8 Å². The molecule has 10 heteroatoms. The molecule has 2 aromatic carbocycles. The van der Waals surface area contributed by atoms with Gasteiger partial charge in [-0.25, -0.2) is 4.98 Å². The third-order valence-electron chi connectivity index (χ3n) is 5.91. The number of hydrogen-bond donors (Lipinski definition) is 3. The molecular weight excluding hydrogens is 497 g/mol. The van der Waals surface area contributed by atoms with Gasteiger partial charge in [0.15, 0.2) is 5.60 Å². The third kappa shape index (κ3) is 7.96. The van der Waals surface area contributed by atoms with Crippen molar-refractivity contribution in [3.05, 3.63) is 89.6 Å². The van der Waals surface area contributed by atoms with E-state index in [0.717, 1.165) is 23.3 Å². The summed E-state index contributed by atoms with van der Waals surface area (Å²) in [5.41, 5.74) is 5.07. The van der Waals surface area contributed by atoms with Gasteiger partial charge in [0, 0.05) is 24.2 Å². The molecule has 3 aromatic rings. The predicted octanol–water partition coefficient (Wildman–Crippen LogP) is 5.10. The molecule has 0 radical (unpaired) electrons. The van der Waals surface area contributed by atoms with Crippen LogP contribution >= 0.6 is 0 Å². The van der Waals surface area contributed by atoms with Crippen LogP contribution in [0.2, 0.25) is 0 Å². The highest BCUT2D eigenvalue weighted by molar-refractivity contribution is 5.85. The zero-order chi connectivity index (χ0) is 27.9. The molecule has 0 aliphatic heterocycles. The molecule has 2 unspecified atom stereocenters. The van der Waals surface area contributed by atoms with Gasteiger partial charge in [0.1, 0.15) is 18.2 Å². The second-order valence-corrected chi connectivity index (χ2v) is 9.44. The van der Waals surface area contributed by atoms with E-state index >= 15 is 0 Å². The first kappa shape index (κ1) is 28.5. The SMILES string of the molecule is CC(NC(=O)C(C)(C)Oc1ccc(C(F)(F)F)cn1)C(Cc1ccccc1)c1cccc(OCC(=N)N)c1. The van der Waals surface area contributed by atoms with Gasteiger partial charge < -0.3 is 20.5 Å². The zero-order valence-electron chi connectivity index (χ0n) is 21.4. The Morgan fingerprint density at radius 1 is 1.08 bits per heavy atom. The molecule has 2 atom stereocenters. The highest BCUT2D eigenvalue weighted by atomic mass is 19.4. The minimum Gasteiger partial charge on any atom is -0.486 e. The van der Waals surface area contributed by atoms with E-state index in [-0.39, 0.29) is 30.3 Å². The van der Waals surface area contributed by atoms with Crippen LogP contribution in [0.1, 0.15) is 43.4 Å². The number of nitrogens with one attached hydrogen (secondary N) is 2. The Bertz CT molecular complexity index is 1230. The minimum absolute atomic E-state index is 0.0391. The van der Waals surface area contributed by atoms with Crippen molar-refractivity contribution in [2.24, 2.45) is 5.73 Å². The molecule has 0 aliphatic rings. The zero-order valence-corrected chi connectivity index (χ0v) is 21.4. The average molecular weight is 529 g/mol. The van der Waals surface area contributed by atoms with Crippen LogP contribution in [-0.4, -0.2) is 35.0 Å². The Morgan fingerprint density at radius 2 is 1.79 bits per heavy atom. The fraction of sp³-hybridized carbons (Fsp3) is 0.321. The molecule has 0 saturated heterocycles. The van der Waals surface area contributed by atoms with E-state index in [1.807, 2.05) is 55.5 Å². The molecule has 3 rings (SSSR count). The van der Waals surface area contributed by atoms with E-state index in [1.54, 1.807) is 6.07 Å². The van der Waals surface area contributed by atoms with Gasteiger partial charge in [-0.05, 0) is 56.5 Å². The van der Waals surface area contributed by atoms with Gasteiger partial charge in [-0.3, -0.25) is 10.2 Å². The fourth-order valence-corrected chi connectivity index (χ4v) is 3.84. The van der Waals surface area contributed by atoms with E-state index in [0.29, 0.717) is 18.4 Å². The van der Waals surface area contributed by atoms with Crippen molar-refractivity contribution in [1.29, 1.82) is 5.41 Å². The standard InChI is InChI=1S/C28H31F3N4O3/c1-18(35-26(36)27(2,3)38-25-13-12-21(16-34-25)28(29,30)31)23(14-19-8-5-4-6-9-19)20-10-7-11-22(15-20)37-17-24(32)33/h4-13,15-16,18,23H,14,17H2,1-3H3,(H3,32,33)(H,35,36). The number of aromatic nitrogens is 1. The average Bonchev–Trinajstić information content (AvgIpc) is 2.86. The van der Waals surface area contributed by atoms with Crippen molar-refractivity contribution in [3.63, 3.8) is 0 Å². The molecule has 1 aromatic heterocycles. The molecule has 38 heavy (non-hydrogen) atoms. The van der Waals surface area contributed by atoms with Gasteiger partial charge in [0.25, 0.3) is 5.91 Å². The van der Waals surface area contributed by atoms with Crippen molar-refractivity contribution in [2.45, 2.75) is 50.9 Å². The number of alkyl halides is 3. The van der Waals surface area contributed by atoms with Crippen molar-refractivity contribution in [1.82, 2.24) is 10.3 Å². The summed E-state index contributed by atoms with van der Waals surface area (Å²) in [6.45, 7) is 4.89. The number of ether oxygens (including phenoxy) is 2. The largest absolute Gasteiger partial charge is 0.486 e. The maximum Gasteiger partial charge on any atom is 0.417 e. The summed E-state index contributed by atoms with van der Waals surface area (Å²) in [5.74, 6) is -0.258. The Morgan fingerprint density at radius 3 is 2.39 bits per heavy atom. The summed E-state index contributed by atoms with van der Waals surface area (Å²) in [5, 5.41) is 10.4. The molecule has 0 bridgehead atoms. The van der Waals surface area contributed by atoms with Gasteiger partial charge >= 0.3 is 6.18 Å². The van der Waals surface area contributed by atoms with Crippen LogP contribution in [0.15, 0.2) is 72.9 Å². The Balaban J connectivity index is 1.78. The number of hydrogen-bond acceptors (Lipinski definition) is 5. The molecule has 0 saturated carbocycles. The molecule has 0 spiro atoms. The quantitative estimate of drug-likeness (QED) is 0.237. The second kappa shape index (κ2) is 12.0. The van der Waals surface area contributed by atoms with Crippen LogP contribution in [0.4, 0.5) is 13.2 Å². The van der Waals surface area contributed by atoms with Crippen molar-refractivity contribution in [2.75, 3.05) is 6.61 Å². The number of amides is 1. The molecule has 0 fully saturated rings. The summed E-state index contributed by atoms with van der Waals surface area (Å²) in [7, 11) is 0. The Kier molecular flexibility index (Phi) is 8.98. The Labute approximate surface area is 219 Å². The first-order valence-corrected chi connectivity index (χ1v) is 12.0. The molecule has 1 heterocycles. The number of pyridine rings is 1. The summed E-state index contributed by atoms with van der Waals surface area (Å²) in [4.78, 5) is 16.9. The number of halogens is 3. The predicted molar refractivity (Wildman–Crippen MR) is 138 cm³/mol. The van der Waals surface area contributed by atoms with Crippen LogP contribution in [0, 0.1) is 5.41 Å². The van der Waals surface area contributed by atoms with Crippen molar-refractivity contribution >= 4 is 11.7 Å². The van der Waals surface area contributed by atoms with Gasteiger partial charge in [-0.15, -0.1) is 0 Å². The molecule has 202 valence electrons. The molecule has 0 aliphatic carbocycles. The van der Waals surface area contributed by atoms with E-state index in [4.69, 9.17) is 20.6 Å². The van der Waals surface area contributed by atoms with E-state index in [2.05, 4.69) is 10.3 Å². The highest BCUT2D eigenvalue weighted by Gasteiger charge is 2.34. The van der Waals surface area contributed by atoms with Crippen LogP contribution < -0.4 is 20.5 Å². The maximum absolute atomic E-state index is 13.2. The van der Waals surface area contributed by atoms with Gasteiger partial charge in [0.05, 0.1) is 5.56 Å². The topological polar surface area (TPSA) is 110 Å². The van der Waals surface area contributed by atoms with E-state index in [9.17, 15) is 18.0 Å². The normalized spacial score (nSPS) is 13.3. The summed E-state index contributed by atoms with van der Waals surface area (Å²) >= 11 is 0. The molecular formula is C28H31F3N4O3. The van der Waals surface area contributed by atoms with Crippen molar-refractivity contribution < 1.29 is 27.4 Å². The number of nitrogens with two attached hydrogens (primary N) is 1. The van der Waals surface area contributed by atoms with E-state index < -0.39 is 23.2 Å². The lowest BCUT2D eigenvalue weighted by Crippen LogP contribution is -2.51. The first-order chi connectivity index (χ1) is 17.8. The van der Waals surface area contributed by atoms with Crippen molar-refractivity contribution in [3.8, 4) is 11.6 Å². The highest BCUT2D eigenvalue weighted by Crippen LogP contribution is 2.31. The monoisotopic (exact) mass is 528 g/mol. The first-order valence-electron chi connectivity index (χ1n) is 12.0. The lowest BCUT2D eigenvalue weighted by atomic mass is 9.86. The smallest absolute Gasteiger partial charge is 0.417 e. The third-order valence-corrected chi connectivity index (χ3v) is 5.91. The number of benzene rings is 2. The number of carbonyl (C=O) groups excluding carboxylic acids is 1. The summed E-state index contributed by atoms with van der Waals surface area (Å²) < 4.78 is 49.8. The van der Waals surface area contributed by atoms with Gasteiger partial charge in [-0.2, -0.15) is 13.2 Å². The van der Waals surface area contributed by atoms with Crippen LogP contribution in [-0.2, 0) is 17.4 Å².